The lowest BCUT2D eigenvalue weighted by atomic mass is 10.0. The van der Waals surface area contributed by atoms with Crippen LogP contribution in [0.25, 0.3) is 0 Å². The number of amides is 2. The highest BCUT2D eigenvalue weighted by molar-refractivity contribution is 7.92. The molecule has 0 bridgehead atoms. The highest BCUT2D eigenvalue weighted by atomic mass is 35.5. The number of rotatable bonds is 12. The molecule has 0 aliphatic heterocycles. The molecule has 1 atom stereocenters. The lowest BCUT2D eigenvalue weighted by Gasteiger charge is -2.34. The molecule has 0 aromatic heterocycles. The van der Waals surface area contributed by atoms with Gasteiger partial charge in [-0.3, -0.25) is 13.9 Å². The number of benzene rings is 4. The zero-order valence-corrected chi connectivity index (χ0v) is 26.4. The topological polar surface area (TPSA) is 86.8 Å². The van der Waals surface area contributed by atoms with E-state index in [1.165, 1.54) is 23.1 Å². The zero-order valence-electron chi connectivity index (χ0n) is 23.3. The Bertz CT molecular complexity index is 1670. The van der Waals surface area contributed by atoms with Crippen molar-refractivity contribution in [1.29, 1.82) is 0 Å². The van der Waals surface area contributed by atoms with Crippen molar-refractivity contribution in [1.82, 2.24) is 10.2 Å². The number of sulfonamides is 1. The summed E-state index contributed by atoms with van der Waals surface area (Å²) in [5, 5.41) is 3.60. The minimum atomic E-state index is -4.24. The molecule has 1 N–H and O–H groups in total. The minimum absolute atomic E-state index is 0.0108. The second kappa shape index (κ2) is 14.8. The number of hydrogen-bond donors (Lipinski definition) is 1. The van der Waals surface area contributed by atoms with E-state index in [0.29, 0.717) is 17.1 Å². The van der Waals surface area contributed by atoms with Crippen LogP contribution >= 0.6 is 34.8 Å². The number of para-hydroxylation sites is 1. The molecule has 4 aromatic carbocycles. The molecule has 0 aliphatic rings. The van der Waals surface area contributed by atoms with Crippen LogP contribution in [0.15, 0.2) is 108 Å². The van der Waals surface area contributed by atoms with Crippen molar-refractivity contribution < 1.29 is 18.0 Å². The fourth-order valence-electron chi connectivity index (χ4n) is 4.57. The van der Waals surface area contributed by atoms with Crippen LogP contribution in [0, 0.1) is 0 Å². The van der Waals surface area contributed by atoms with E-state index in [2.05, 4.69) is 5.32 Å². The average molecular weight is 659 g/mol. The number of hydrogen-bond acceptors (Lipinski definition) is 4. The molecule has 11 heteroatoms. The third kappa shape index (κ3) is 8.09. The molecule has 0 heterocycles. The second-order valence-corrected chi connectivity index (χ2v) is 12.7. The van der Waals surface area contributed by atoms with Crippen molar-refractivity contribution in [3.05, 3.63) is 129 Å². The summed E-state index contributed by atoms with van der Waals surface area (Å²) in [5.41, 5.74) is 1.57. The Kier molecular flexibility index (Phi) is 11.1. The van der Waals surface area contributed by atoms with Gasteiger partial charge in [0.15, 0.2) is 0 Å². The Morgan fingerprint density at radius 3 is 2.02 bits per heavy atom. The van der Waals surface area contributed by atoms with Crippen molar-refractivity contribution in [2.45, 2.75) is 30.8 Å². The van der Waals surface area contributed by atoms with Gasteiger partial charge in [0, 0.05) is 19.5 Å². The highest BCUT2D eigenvalue weighted by Gasteiger charge is 2.35. The molecule has 0 aliphatic carbocycles. The van der Waals surface area contributed by atoms with Gasteiger partial charge < -0.3 is 10.2 Å². The fourth-order valence-corrected chi connectivity index (χ4v) is 6.63. The number of nitrogens with zero attached hydrogens (tertiary/aromatic N) is 2. The van der Waals surface area contributed by atoms with Gasteiger partial charge in [0.2, 0.25) is 11.8 Å². The highest BCUT2D eigenvalue weighted by Crippen LogP contribution is 2.31. The summed E-state index contributed by atoms with van der Waals surface area (Å²) < 4.78 is 28.9. The SMILES string of the molecule is CCNC(=O)C(Cc1ccccc1)N(Cc1ccc(Cl)c(Cl)c1)C(=O)CN(c1ccccc1Cl)S(=O)(=O)c1ccccc1. The Morgan fingerprint density at radius 1 is 0.767 bits per heavy atom. The molecule has 0 fully saturated rings. The predicted octanol–water partition coefficient (Wildman–Crippen LogP) is 6.62. The molecule has 0 saturated carbocycles. The van der Waals surface area contributed by atoms with Gasteiger partial charge in [0.1, 0.15) is 12.6 Å². The van der Waals surface area contributed by atoms with Crippen LogP contribution in [0.5, 0.6) is 0 Å². The predicted molar refractivity (Wildman–Crippen MR) is 172 cm³/mol. The quantitative estimate of drug-likeness (QED) is 0.185. The molecule has 2 amide bonds. The van der Waals surface area contributed by atoms with Crippen molar-refractivity contribution in [3.63, 3.8) is 0 Å². The van der Waals surface area contributed by atoms with Gasteiger partial charge in [-0.25, -0.2) is 8.42 Å². The molecule has 4 rings (SSSR count). The number of nitrogens with one attached hydrogen (secondary N) is 1. The van der Waals surface area contributed by atoms with Gasteiger partial charge in [0.05, 0.1) is 25.7 Å². The molecule has 7 nitrogen and oxygen atoms in total. The van der Waals surface area contributed by atoms with Gasteiger partial charge in [0.25, 0.3) is 10.0 Å². The first-order chi connectivity index (χ1) is 20.6. The number of carbonyl (C=O) groups is 2. The van der Waals surface area contributed by atoms with Gasteiger partial charge in [-0.1, -0.05) is 102 Å². The lowest BCUT2D eigenvalue weighted by molar-refractivity contribution is -0.140. The first kappa shape index (κ1) is 32.4. The molecule has 0 radical (unpaired) electrons. The molecule has 4 aromatic rings. The van der Waals surface area contributed by atoms with Crippen molar-refractivity contribution in [3.8, 4) is 0 Å². The van der Waals surface area contributed by atoms with E-state index in [-0.39, 0.29) is 39.5 Å². The standard InChI is InChI=1S/C32H30Cl3N3O4S/c1-2-36-32(40)30(20-23-11-5-3-6-12-23)37(21-24-17-18-26(33)28(35)19-24)31(39)22-38(29-16-10-9-15-27(29)34)43(41,42)25-13-7-4-8-14-25/h3-19,30H,2,20-22H2,1H3,(H,36,40). The van der Waals surface area contributed by atoms with E-state index < -0.39 is 28.5 Å². The summed E-state index contributed by atoms with van der Waals surface area (Å²) in [6.45, 7) is 1.47. The van der Waals surface area contributed by atoms with Crippen molar-refractivity contribution in [2.24, 2.45) is 0 Å². The monoisotopic (exact) mass is 657 g/mol. The number of halogens is 3. The van der Waals surface area contributed by atoms with Gasteiger partial charge in [-0.05, 0) is 54.4 Å². The van der Waals surface area contributed by atoms with Crippen LogP contribution in [-0.4, -0.2) is 44.3 Å². The average Bonchev–Trinajstić information content (AvgIpc) is 3.00. The fraction of sp³-hybridized carbons (Fsp3) is 0.188. The first-order valence-electron chi connectivity index (χ1n) is 13.5. The third-order valence-electron chi connectivity index (χ3n) is 6.69. The van der Waals surface area contributed by atoms with E-state index in [1.54, 1.807) is 61.5 Å². The number of anilines is 1. The van der Waals surface area contributed by atoms with Crippen molar-refractivity contribution >= 4 is 62.3 Å². The molecule has 0 saturated heterocycles. The van der Waals surface area contributed by atoms with E-state index in [0.717, 1.165) is 9.87 Å². The van der Waals surface area contributed by atoms with E-state index in [1.807, 2.05) is 30.3 Å². The molecular formula is C32H30Cl3N3O4S. The Balaban J connectivity index is 1.81. The van der Waals surface area contributed by atoms with Crippen LogP contribution in [0.4, 0.5) is 5.69 Å². The Hall–Kier alpha value is -3.56. The molecule has 1 unspecified atom stereocenters. The number of carbonyl (C=O) groups excluding carboxylic acids is 2. The maximum absolute atomic E-state index is 14.4. The maximum Gasteiger partial charge on any atom is 0.264 e. The lowest BCUT2D eigenvalue weighted by Crippen LogP contribution is -2.53. The minimum Gasteiger partial charge on any atom is -0.355 e. The molecular weight excluding hydrogens is 629 g/mol. The van der Waals surface area contributed by atoms with Crippen LogP contribution in [0.2, 0.25) is 15.1 Å². The first-order valence-corrected chi connectivity index (χ1v) is 16.1. The van der Waals surface area contributed by atoms with Crippen LogP contribution in [0.1, 0.15) is 18.1 Å². The summed E-state index contributed by atoms with van der Waals surface area (Å²) in [7, 11) is -4.24. The zero-order chi connectivity index (χ0) is 31.0. The largest absolute Gasteiger partial charge is 0.355 e. The summed E-state index contributed by atoms with van der Waals surface area (Å²) in [6, 6.07) is 27.4. The van der Waals surface area contributed by atoms with Crippen LogP contribution < -0.4 is 9.62 Å². The van der Waals surface area contributed by atoms with E-state index in [9.17, 15) is 18.0 Å². The van der Waals surface area contributed by atoms with E-state index >= 15 is 0 Å². The summed E-state index contributed by atoms with van der Waals surface area (Å²) in [4.78, 5) is 29.2. The third-order valence-corrected chi connectivity index (χ3v) is 9.52. The molecule has 0 spiro atoms. The van der Waals surface area contributed by atoms with Crippen LogP contribution in [-0.2, 0) is 32.6 Å². The number of likely N-dealkylation sites (N-methyl/N-ethyl adjacent to an activating group) is 1. The molecule has 43 heavy (non-hydrogen) atoms. The Labute approximate surface area is 267 Å². The van der Waals surface area contributed by atoms with Crippen LogP contribution in [0.3, 0.4) is 0 Å². The smallest absolute Gasteiger partial charge is 0.264 e. The van der Waals surface area contributed by atoms with Crippen molar-refractivity contribution in [2.75, 3.05) is 17.4 Å². The van der Waals surface area contributed by atoms with E-state index in [4.69, 9.17) is 34.8 Å². The van der Waals surface area contributed by atoms with Gasteiger partial charge in [-0.2, -0.15) is 0 Å². The summed E-state index contributed by atoms with van der Waals surface area (Å²) in [5.74, 6) is -0.993. The summed E-state index contributed by atoms with van der Waals surface area (Å²) >= 11 is 18.9. The Morgan fingerprint density at radius 2 is 1.40 bits per heavy atom. The second-order valence-electron chi connectivity index (χ2n) is 9.65. The van der Waals surface area contributed by atoms with Gasteiger partial charge >= 0.3 is 0 Å². The maximum atomic E-state index is 14.4. The molecule has 224 valence electrons. The van der Waals surface area contributed by atoms with Gasteiger partial charge in [-0.15, -0.1) is 0 Å². The summed E-state index contributed by atoms with van der Waals surface area (Å²) in [6.07, 6.45) is 0.192. The normalized spacial score (nSPS) is 11.9.